The first kappa shape index (κ1) is 17.5. The minimum absolute atomic E-state index is 0.0390. The maximum absolute atomic E-state index is 12.6. The molecule has 0 saturated carbocycles. The largest absolute Gasteiger partial charge is 0.494 e. The van der Waals surface area contributed by atoms with Crippen molar-refractivity contribution >= 4 is 17.2 Å². The average Bonchev–Trinajstić information content (AvgIpc) is 2.70. The third-order valence-electron chi connectivity index (χ3n) is 3.86. The van der Waals surface area contributed by atoms with E-state index in [1.807, 2.05) is 91.9 Å². The van der Waals surface area contributed by atoms with Gasteiger partial charge in [0.15, 0.2) is 5.78 Å². The Bertz CT molecular complexity index is 869. The summed E-state index contributed by atoms with van der Waals surface area (Å²) in [7, 11) is 0. The highest BCUT2D eigenvalue weighted by molar-refractivity contribution is 6.09. The molecule has 0 fully saturated rings. The zero-order valence-electron chi connectivity index (χ0n) is 14.7. The Hall–Kier alpha value is -3.33. The van der Waals surface area contributed by atoms with Gasteiger partial charge in [-0.05, 0) is 36.8 Å². The number of allylic oxidation sites excluding steroid dienone is 1. The highest BCUT2D eigenvalue weighted by atomic mass is 16.5. The maximum atomic E-state index is 12.6. The van der Waals surface area contributed by atoms with Gasteiger partial charge >= 0.3 is 0 Å². The summed E-state index contributed by atoms with van der Waals surface area (Å²) < 4.78 is 5.48. The summed E-state index contributed by atoms with van der Waals surface area (Å²) in [5.74, 6) is 0.784. The van der Waals surface area contributed by atoms with Crippen molar-refractivity contribution in [2.24, 2.45) is 0 Å². The van der Waals surface area contributed by atoms with Gasteiger partial charge in [-0.2, -0.15) is 0 Å². The molecule has 0 bridgehead atoms. The monoisotopic (exact) mass is 343 g/mol. The molecule has 0 spiro atoms. The van der Waals surface area contributed by atoms with Crippen LogP contribution in [0.4, 0.5) is 5.69 Å². The SMILES string of the molecule is CCOc1ccc(N/C(=C\C(=O)c2ccccc2)c2ccccc2)cc1. The molecule has 0 aliphatic rings. The van der Waals surface area contributed by atoms with Crippen LogP contribution in [0, 0.1) is 0 Å². The van der Waals surface area contributed by atoms with Crippen LogP contribution < -0.4 is 10.1 Å². The van der Waals surface area contributed by atoms with Crippen molar-refractivity contribution in [1.82, 2.24) is 0 Å². The lowest BCUT2D eigenvalue weighted by atomic mass is 10.1. The summed E-state index contributed by atoms with van der Waals surface area (Å²) in [5.41, 5.74) is 3.26. The second kappa shape index (κ2) is 8.67. The second-order valence-electron chi connectivity index (χ2n) is 5.74. The van der Waals surface area contributed by atoms with Crippen LogP contribution in [0.15, 0.2) is 91.0 Å². The summed E-state index contributed by atoms with van der Waals surface area (Å²) in [5, 5.41) is 3.35. The molecule has 26 heavy (non-hydrogen) atoms. The van der Waals surface area contributed by atoms with Crippen molar-refractivity contribution in [1.29, 1.82) is 0 Å². The van der Waals surface area contributed by atoms with Gasteiger partial charge in [-0.3, -0.25) is 4.79 Å². The Balaban J connectivity index is 1.89. The number of hydrogen-bond donors (Lipinski definition) is 1. The standard InChI is InChI=1S/C23H21NO2/c1-2-26-21-15-13-20(14-16-21)24-22(18-9-5-3-6-10-18)17-23(25)19-11-7-4-8-12-19/h3-17,24H,2H2,1H3/b22-17-. The lowest BCUT2D eigenvalue weighted by molar-refractivity contribution is 0.104. The van der Waals surface area contributed by atoms with Gasteiger partial charge in [0.05, 0.1) is 6.61 Å². The molecule has 0 aliphatic carbocycles. The third-order valence-corrected chi connectivity index (χ3v) is 3.86. The van der Waals surface area contributed by atoms with Gasteiger partial charge in [0.25, 0.3) is 0 Å². The van der Waals surface area contributed by atoms with E-state index in [0.29, 0.717) is 12.2 Å². The van der Waals surface area contributed by atoms with E-state index in [1.54, 1.807) is 6.08 Å². The lowest BCUT2D eigenvalue weighted by Crippen LogP contribution is -2.03. The van der Waals surface area contributed by atoms with Gasteiger partial charge in [-0.25, -0.2) is 0 Å². The molecule has 1 N–H and O–H groups in total. The molecule has 0 atom stereocenters. The minimum Gasteiger partial charge on any atom is -0.494 e. The summed E-state index contributed by atoms with van der Waals surface area (Å²) >= 11 is 0. The zero-order chi connectivity index (χ0) is 18.2. The van der Waals surface area contributed by atoms with Crippen molar-refractivity contribution in [2.75, 3.05) is 11.9 Å². The molecule has 130 valence electrons. The van der Waals surface area contributed by atoms with E-state index in [9.17, 15) is 4.79 Å². The van der Waals surface area contributed by atoms with E-state index in [2.05, 4.69) is 5.32 Å². The zero-order valence-corrected chi connectivity index (χ0v) is 14.7. The van der Waals surface area contributed by atoms with Gasteiger partial charge < -0.3 is 10.1 Å². The Kier molecular flexibility index (Phi) is 5.84. The molecule has 0 aromatic heterocycles. The normalized spacial score (nSPS) is 11.0. The van der Waals surface area contributed by atoms with E-state index >= 15 is 0 Å². The number of carbonyl (C=O) groups excluding carboxylic acids is 1. The molecule has 0 unspecified atom stereocenters. The first-order valence-electron chi connectivity index (χ1n) is 8.62. The topological polar surface area (TPSA) is 38.3 Å². The number of anilines is 1. The van der Waals surface area contributed by atoms with Gasteiger partial charge in [0, 0.05) is 23.0 Å². The number of benzene rings is 3. The molecule has 0 aliphatic heterocycles. The van der Waals surface area contributed by atoms with Crippen LogP contribution in [0.25, 0.3) is 5.70 Å². The molecule has 3 aromatic rings. The van der Waals surface area contributed by atoms with Crippen LogP contribution in [-0.2, 0) is 0 Å². The Morgan fingerprint density at radius 1 is 0.846 bits per heavy atom. The summed E-state index contributed by atoms with van der Waals surface area (Å²) in [6.45, 7) is 2.59. The molecule has 3 rings (SSSR count). The predicted octanol–water partition coefficient (Wildman–Crippen LogP) is 5.42. The average molecular weight is 343 g/mol. The number of rotatable bonds is 7. The summed E-state index contributed by atoms with van der Waals surface area (Å²) in [4.78, 5) is 12.6. The molecule has 3 heteroatoms. The first-order chi connectivity index (χ1) is 12.8. The van der Waals surface area contributed by atoms with E-state index in [4.69, 9.17) is 4.74 Å². The number of carbonyl (C=O) groups is 1. The predicted molar refractivity (Wildman–Crippen MR) is 106 cm³/mol. The molecular formula is C23H21NO2. The van der Waals surface area contributed by atoms with Gasteiger partial charge in [0.1, 0.15) is 5.75 Å². The van der Waals surface area contributed by atoms with Crippen molar-refractivity contribution in [2.45, 2.75) is 6.92 Å². The molecule has 0 amide bonds. The smallest absolute Gasteiger partial charge is 0.187 e. The Morgan fingerprint density at radius 2 is 1.42 bits per heavy atom. The summed E-state index contributed by atoms with van der Waals surface area (Å²) in [6, 6.07) is 26.8. The molecule has 0 heterocycles. The minimum atomic E-state index is -0.0390. The lowest BCUT2D eigenvalue weighted by Gasteiger charge is -2.12. The highest BCUT2D eigenvalue weighted by Gasteiger charge is 2.08. The Morgan fingerprint density at radius 3 is 2.00 bits per heavy atom. The van der Waals surface area contributed by atoms with Gasteiger partial charge in [-0.1, -0.05) is 60.7 Å². The second-order valence-corrected chi connectivity index (χ2v) is 5.74. The highest BCUT2D eigenvalue weighted by Crippen LogP contribution is 2.22. The van der Waals surface area contributed by atoms with E-state index < -0.39 is 0 Å². The molecule has 3 aromatic carbocycles. The van der Waals surface area contributed by atoms with Crippen molar-refractivity contribution in [3.63, 3.8) is 0 Å². The molecule has 0 saturated heterocycles. The molecule has 0 radical (unpaired) electrons. The van der Waals surface area contributed by atoms with Crippen LogP contribution >= 0.6 is 0 Å². The van der Waals surface area contributed by atoms with Crippen LogP contribution in [0.5, 0.6) is 5.75 Å². The number of nitrogens with one attached hydrogen (secondary N) is 1. The van der Waals surface area contributed by atoms with Crippen molar-refractivity contribution in [3.8, 4) is 5.75 Å². The number of ketones is 1. The van der Waals surface area contributed by atoms with Crippen LogP contribution in [0.1, 0.15) is 22.8 Å². The molecular weight excluding hydrogens is 322 g/mol. The fraction of sp³-hybridized carbons (Fsp3) is 0.0870. The fourth-order valence-electron chi connectivity index (χ4n) is 2.58. The van der Waals surface area contributed by atoms with Crippen LogP contribution in [-0.4, -0.2) is 12.4 Å². The number of ether oxygens (including phenoxy) is 1. The van der Waals surface area contributed by atoms with Crippen molar-refractivity contribution < 1.29 is 9.53 Å². The summed E-state index contributed by atoms with van der Waals surface area (Å²) in [6.07, 6.45) is 1.64. The van der Waals surface area contributed by atoms with Crippen molar-refractivity contribution in [3.05, 3.63) is 102 Å². The maximum Gasteiger partial charge on any atom is 0.187 e. The third kappa shape index (κ3) is 4.61. The van der Waals surface area contributed by atoms with E-state index in [1.165, 1.54) is 0 Å². The molecule has 3 nitrogen and oxygen atoms in total. The van der Waals surface area contributed by atoms with Gasteiger partial charge in [-0.15, -0.1) is 0 Å². The first-order valence-corrected chi connectivity index (χ1v) is 8.62. The van der Waals surface area contributed by atoms with Crippen LogP contribution in [0.3, 0.4) is 0 Å². The quantitative estimate of drug-likeness (QED) is 0.460. The van der Waals surface area contributed by atoms with E-state index in [0.717, 1.165) is 22.7 Å². The number of hydrogen-bond acceptors (Lipinski definition) is 3. The fourth-order valence-corrected chi connectivity index (χ4v) is 2.58. The Labute approximate surface area is 154 Å². The van der Waals surface area contributed by atoms with E-state index in [-0.39, 0.29) is 5.78 Å². The van der Waals surface area contributed by atoms with Gasteiger partial charge in [0.2, 0.25) is 0 Å². The van der Waals surface area contributed by atoms with Crippen LogP contribution in [0.2, 0.25) is 0 Å².